The van der Waals surface area contributed by atoms with E-state index >= 15 is 0 Å². The van der Waals surface area contributed by atoms with Gasteiger partial charge in [-0.1, -0.05) is 26.7 Å². The highest BCUT2D eigenvalue weighted by molar-refractivity contribution is 5.74. The molecule has 0 aliphatic carbocycles. The first kappa shape index (κ1) is 8.57. The van der Waals surface area contributed by atoms with Crippen LogP contribution in [0.5, 0.6) is 0 Å². The fourth-order valence-corrected chi connectivity index (χ4v) is 1.50. The maximum absolute atomic E-state index is 11.1. The summed E-state index contributed by atoms with van der Waals surface area (Å²) in [4.78, 5) is 11.1. The second-order valence-electron chi connectivity index (χ2n) is 3.36. The van der Waals surface area contributed by atoms with Crippen LogP contribution in [0.4, 0.5) is 0 Å². The molecule has 1 rings (SSSR count). The van der Waals surface area contributed by atoms with Gasteiger partial charge in [0, 0.05) is 5.92 Å². The molecule has 0 saturated carbocycles. The van der Waals surface area contributed by atoms with Gasteiger partial charge in [0.25, 0.3) is 0 Å². The van der Waals surface area contributed by atoms with Gasteiger partial charge in [-0.15, -0.1) is 0 Å². The van der Waals surface area contributed by atoms with Crippen LogP contribution in [0.3, 0.4) is 0 Å². The molecule has 2 nitrogen and oxygen atoms in total. The predicted molar refractivity (Wildman–Crippen MR) is 43.1 cm³/mol. The van der Waals surface area contributed by atoms with E-state index in [4.69, 9.17) is 4.74 Å². The van der Waals surface area contributed by atoms with Gasteiger partial charge in [-0.2, -0.15) is 0 Å². The highest BCUT2D eigenvalue weighted by Gasteiger charge is 2.32. The molecule has 2 heteroatoms. The highest BCUT2D eigenvalue weighted by atomic mass is 16.5. The molecule has 0 N–H and O–H groups in total. The zero-order chi connectivity index (χ0) is 8.27. The summed E-state index contributed by atoms with van der Waals surface area (Å²) in [6.45, 7) is 4.86. The summed E-state index contributed by atoms with van der Waals surface area (Å²) in [5.74, 6) is 0.648. The molecule has 1 heterocycles. The minimum Gasteiger partial charge on any atom is -0.465 e. The summed E-state index contributed by atoms with van der Waals surface area (Å²) in [5.41, 5.74) is 0. The summed E-state index contributed by atoms with van der Waals surface area (Å²) in [5, 5.41) is 0. The number of unbranched alkanes of at least 4 members (excludes halogenated alkanes) is 1. The van der Waals surface area contributed by atoms with E-state index in [2.05, 4.69) is 13.8 Å². The molecule has 0 aromatic carbocycles. The first-order valence-corrected chi connectivity index (χ1v) is 4.42. The quantitative estimate of drug-likeness (QED) is 0.584. The van der Waals surface area contributed by atoms with Crippen LogP contribution in [0.25, 0.3) is 0 Å². The van der Waals surface area contributed by atoms with Crippen LogP contribution < -0.4 is 0 Å². The molecule has 1 aliphatic heterocycles. The molecule has 2 atom stereocenters. The van der Waals surface area contributed by atoms with Crippen LogP contribution >= 0.6 is 0 Å². The molecule has 1 saturated heterocycles. The minimum absolute atomic E-state index is 0.0194. The highest BCUT2D eigenvalue weighted by Crippen LogP contribution is 2.26. The van der Waals surface area contributed by atoms with Gasteiger partial charge in [0.05, 0.1) is 12.5 Å². The van der Waals surface area contributed by atoms with Crippen LogP contribution in [-0.2, 0) is 9.53 Å². The largest absolute Gasteiger partial charge is 0.465 e. The van der Waals surface area contributed by atoms with E-state index in [-0.39, 0.29) is 11.9 Å². The van der Waals surface area contributed by atoms with E-state index in [1.54, 1.807) is 0 Å². The predicted octanol–water partition coefficient (Wildman–Crippen LogP) is 1.99. The van der Waals surface area contributed by atoms with Crippen molar-refractivity contribution in [2.75, 3.05) is 6.61 Å². The third-order valence-corrected chi connectivity index (χ3v) is 2.35. The van der Waals surface area contributed by atoms with Gasteiger partial charge >= 0.3 is 5.97 Å². The summed E-state index contributed by atoms with van der Waals surface area (Å²) < 4.78 is 4.94. The lowest BCUT2D eigenvalue weighted by Crippen LogP contribution is -2.12. The Morgan fingerprint density at radius 1 is 1.64 bits per heavy atom. The smallest absolute Gasteiger partial charge is 0.309 e. The molecular weight excluding hydrogens is 140 g/mol. The average Bonchev–Trinajstić information content (AvgIpc) is 2.29. The Hall–Kier alpha value is -0.530. The Bertz CT molecular complexity index is 142. The fourth-order valence-electron chi connectivity index (χ4n) is 1.50. The van der Waals surface area contributed by atoms with Gasteiger partial charge in [-0.25, -0.2) is 0 Å². The summed E-state index contributed by atoms with van der Waals surface area (Å²) in [6.07, 6.45) is 3.32. The molecule has 0 spiro atoms. The topological polar surface area (TPSA) is 26.3 Å². The number of carbonyl (C=O) groups is 1. The van der Waals surface area contributed by atoms with Crippen molar-refractivity contribution in [2.45, 2.75) is 33.1 Å². The molecule has 64 valence electrons. The van der Waals surface area contributed by atoms with Gasteiger partial charge in [0.15, 0.2) is 0 Å². The maximum Gasteiger partial charge on any atom is 0.309 e. The average molecular weight is 156 g/mol. The van der Waals surface area contributed by atoms with E-state index in [1.807, 2.05) is 0 Å². The molecule has 0 amide bonds. The number of rotatable bonds is 3. The molecule has 1 fully saturated rings. The number of hydrogen-bond acceptors (Lipinski definition) is 2. The van der Waals surface area contributed by atoms with Crippen molar-refractivity contribution in [2.24, 2.45) is 11.8 Å². The molecule has 0 radical (unpaired) electrons. The van der Waals surface area contributed by atoms with E-state index < -0.39 is 0 Å². The lowest BCUT2D eigenvalue weighted by Gasteiger charge is -2.07. The minimum atomic E-state index is 0.0194. The van der Waals surface area contributed by atoms with E-state index in [0.717, 1.165) is 19.3 Å². The maximum atomic E-state index is 11.1. The molecule has 0 aromatic heterocycles. The zero-order valence-electron chi connectivity index (χ0n) is 7.30. The van der Waals surface area contributed by atoms with Crippen molar-refractivity contribution in [3.63, 3.8) is 0 Å². The van der Waals surface area contributed by atoms with Crippen LogP contribution in [0.2, 0.25) is 0 Å². The Labute approximate surface area is 67.9 Å². The van der Waals surface area contributed by atoms with Crippen molar-refractivity contribution in [3.05, 3.63) is 0 Å². The fraction of sp³-hybridized carbons (Fsp3) is 0.889. The first-order chi connectivity index (χ1) is 5.25. The summed E-state index contributed by atoms with van der Waals surface area (Å²) in [7, 11) is 0. The van der Waals surface area contributed by atoms with E-state index in [1.165, 1.54) is 0 Å². The van der Waals surface area contributed by atoms with Gasteiger partial charge in [0.2, 0.25) is 0 Å². The van der Waals surface area contributed by atoms with Gasteiger partial charge in [0.1, 0.15) is 0 Å². The second-order valence-corrected chi connectivity index (χ2v) is 3.36. The standard InChI is InChI=1S/C9H16O2/c1-3-4-5-8-7(2)6-11-9(8)10/h7-8H,3-6H2,1-2H3/t7-,8+/m1/s1. The number of esters is 1. The van der Waals surface area contributed by atoms with Gasteiger partial charge < -0.3 is 4.74 Å². The molecule has 1 aliphatic rings. The van der Waals surface area contributed by atoms with Gasteiger partial charge in [-0.05, 0) is 6.42 Å². The first-order valence-electron chi connectivity index (χ1n) is 4.42. The Balaban J connectivity index is 2.35. The van der Waals surface area contributed by atoms with Crippen molar-refractivity contribution in [3.8, 4) is 0 Å². The third kappa shape index (κ3) is 1.95. The number of hydrogen-bond donors (Lipinski definition) is 0. The lowest BCUT2D eigenvalue weighted by molar-refractivity contribution is -0.141. The van der Waals surface area contributed by atoms with E-state index in [9.17, 15) is 4.79 Å². The van der Waals surface area contributed by atoms with Crippen molar-refractivity contribution in [1.29, 1.82) is 0 Å². The number of ether oxygens (including phenoxy) is 1. The lowest BCUT2D eigenvalue weighted by atomic mass is 9.92. The Morgan fingerprint density at radius 3 is 2.82 bits per heavy atom. The summed E-state index contributed by atoms with van der Waals surface area (Å²) >= 11 is 0. The van der Waals surface area contributed by atoms with Crippen molar-refractivity contribution >= 4 is 5.97 Å². The zero-order valence-corrected chi connectivity index (χ0v) is 7.30. The van der Waals surface area contributed by atoms with Crippen molar-refractivity contribution < 1.29 is 9.53 Å². The van der Waals surface area contributed by atoms with Crippen LogP contribution in [0.15, 0.2) is 0 Å². The van der Waals surface area contributed by atoms with E-state index in [0.29, 0.717) is 12.5 Å². The summed E-state index contributed by atoms with van der Waals surface area (Å²) in [6, 6.07) is 0. The van der Waals surface area contributed by atoms with Crippen LogP contribution in [0, 0.1) is 11.8 Å². The normalized spacial score (nSPS) is 30.5. The SMILES string of the molecule is CCCC[C@@H]1C(=O)OC[C@H]1C. The second kappa shape index (κ2) is 3.74. The molecule has 0 aromatic rings. The Morgan fingerprint density at radius 2 is 2.36 bits per heavy atom. The molecule has 0 unspecified atom stereocenters. The Kier molecular flexibility index (Phi) is 2.92. The van der Waals surface area contributed by atoms with Gasteiger partial charge in [-0.3, -0.25) is 4.79 Å². The molecular formula is C9H16O2. The number of cyclic esters (lactones) is 1. The van der Waals surface area contributed by atoms with Crippen molar-refractivity contribution in [1.82, 2.24) is 0 Å². The third-order valence-electron chi connectivity index (χ3n) is 2.35. The molecule has 0 bridgehead atoms. The van der Waals surface area contributed by atoms with Crippen LogP contribution in [0.1, 0.15) is 33.1 Å². The molecule has 11 heavy (non-hydrogen) atoms. The monoisotopic (exact) mass is 156 g/mol. The number of carbonyl (C=O) groups excluding carboxylic acids is 1. The van der Waals surface area contributed by atoms with Crippen LogP contribution in [-0.4, -0.2) is 12.6 Å².